The average molecular weight is 1910 g/mol. The normalized spacial score (nSPS) is 12.6. The summed E-state index contributed by atoms with van der Waals surface area (Å²) in [4.78, 5) is 10.8. The van der Waals surface area contributed by atoms with Gasteiger partial charge in [-0.3, -0.25) is 4.79 Å². The van der Waals surface area contributed by atoms with Crippen molar-refractivity contribution >= 4 is 5.97 Å². The predicted octanol–water partition coefficient (Wildman–Crippen LogP) is 29.2. The first-order valence-corrected chi connectivity index (χ1v) is 49.8. The molecule has 0 aromatic heterocycles. The van der Waals surface area contributed by atoms with Gasteiger partial charge in [0.25, 0.3) is 0 Å². The summed E-state index contributed by atoms with van der Waals surface area (Å²) in [5.74, 6) is 7.35. The van der Waals surface area contributed by atoms with Crippen LogP contribution in [0.2, 0.25) is 0 Å². The Morgan fingerprint density at radius 2 is 0.549 bits per heavy atom. The largest absolute Gasteiger partial charge is 0.497 e. The van der Waals surface area contributed by atoms with Crippen molar-refractivity contribution < 1.29 is 71.1 Å². The molecule has 0 saturated heterocycles. The van der Waals surface area contributed by atoms with Crippen molar-refractivity contribution in [3.05, 3.63) is 427 Å². The fourth-order valence-corrected chi connectivity index (χ4v) is 17.0. The summed E-state index contributed by atoms with van der Waals surface area (Å²) in [6.07, 6.45) is 12.1. The first kappa shape index (κ1) is 107. The van der Waals surface area contributed by atoms with E-state index >= 15 is 0 Å². The van der Waals surface area contributed by atoms with Crippen molar-refractivity contribution in [3.63, 3.8) is 0 Å². The van der Waals surface area contributed by atoms with E-state index in [9.17, 15) is 4.79 Å². The lowest BCUT2D eigenvalue weighted by atomic mass is 9.84. The van der Waals surface area contributed by atoms with E-state index < -0.39 is 0 Å². The van der Waals surface area contributed by atoms with E-state index in [0.29, 0.717) is 77.6 Å². The second kappa shape index (κ2) is 60.2. The average Bonchev–Trinajstić information content (AvgIpc) is 0.751. The van der Waals surface area contributed by atoms with Crippen LogP contribution in [0, 0.1) is 6.92 Å². The van der Waals surface area contributed by atoms with Crippen molar-refractivity contribution in [2.24, 2.45) is 0 Å². The summed E-state index contributed by atoms with van der Waals surface area (Å²) in [6, 6.07) is 131. The van der Waals surface area contributed by atoms with Crippen LogP contribution in [0.15, 0.2) is 388 Å². The van der Waals surface area contributed by atoms with Gasteiger partial charge in [-0.1, -0.05) is 335 Å². The van der Waals surface area contributed by atoms with Gasteiger partial charge in [0.15, 0.2) is 0 Å². The second-order valence-electron chi connectivity index (χ2n) is 35.3. The van der Waals surface area contributed by atoms with E-state index in [-0.39, 0.29) is 36.5 Å². The molecule has 0 bridgehead atoms. The van der Waals surface area contributed by atoms with Crippen molar-refractivity contribution in [3.8, 4) is 107 Å². The number of hydrogen-bond donors (Lipinski definition) is 0. The summed E-state index contributed by atoms with van der Waals surface area (Å²) in [7, 11) is 5.00. The molecule has 1 aliphatic carbocycles. The van der Waals surface area contributed by atoms with Crippen LogP contribution in [0.5, 0.6) is 51.7 Å². The van der Waals surface area contributed by atoms with Crippen LogP contribution in [-0.4, -0.2) is 124 Å². The molecule has 5 unspecified atom stereocenters. The Hall–Kier alpha value is -14.0. The Morgan fingerprint density at radius 1 is 0.261 bits per heavy atom. The minimum Gasteiger partial charge on any atom is -0.497 e. The Balaban J connectivity index is 0.000000161. The lowest BCUT2D eigenvalue weighted by molar-refractivity contribution is -0.131. The summed E-state index contributed by atoms with van der Waals surface area (Å²) in [5.41, 5.74) is 19.6. The number of methoxy groups -OCH3 is 3. The smallest absolute Gasteiger partial charge is 0.308 e. The molecule has 16 rings (SSSR count). The second-order valence-corrected chi connectivity index (χ2v) is 35.3. The van der Waals surface area contributed by atoms with Gasteiger partial charge in [0, 0.05) is 46.4 Å². The molecule has 0 spiro atoms. The number of rotatable bonds is 45. The fraction of sp³-hybridized carbons (Fsp3) is 0.283. The molecular weight excluding hydrogens is 1770 g/mol. The Kier molecular flexibility index (Phi) is 45.3. The van der Waals surface area contributed by atoms with E-state index in [1.807, 2.05) is 121 Å². The van der Waals surface area contributed by atoms with Crippen LogP contribution in [0.3, 0.4) is 0 Å². The van der Waals surface area contributed by atoms with Gasteiger partial charge in [-0.2, -0.15) is 0 Å². The fourth-order valence-electron chi connectivity index (χ4n) is 17.0. The van der Waals surface area contributed by atoms with Gasteiger partial charge in [-0.25, -0.2) is 0 Å². The van der Waals surface area contributed by atoms with Crippen LogP contribution in [-0.2, 0) is 60.6 Å². The van der Waals surface area contributed by atoms with Gasteiger partial charge in [-0.15, -0.1) is 0 Å². The molecule has 1 fully saturated rings. The maximum atomic E-state index is 10.8. The number of carbonyl (C=O) groups excluding carboxylic acids is 1. The van der Waals surface area contributed by atoms with Gasteiger partial charge in [0.1, 0.15) is 84.8 Å². The summed E-state index contributed by atoms with van der Waals surface area (Å²) in [5, 5.41) is 0. The molecule has 15 aromatic carbocycles. The third kappa shape index (κ3) is 36.9. The number of hydrogen-bond acceptors (Lipinski definition) is 15. The predicted molar refractivity (Wildman–Crippen MR) is 576 cm³/mol. The number of benzene rings is 15. The molecule has 0 aliphatic heterocycles. The zero-order valence-corrected chi connectivity index (χ0v) is 84.2. The lowest BCUT2D eigenvalue weighted by Crippen LogP contribution is -2.17. The first-order chi connectivity index (χ1) is 69.6. The monoisotopic (exact) mass is 1910 g/mol. The number of para-hydroxylation sites is 2. The van der Waals surface area contributed by atoms with E-state index in [1.54, 1.807) is 45.6 Å². The molecule has 0 amide bonds. The lowest BCUT2D eigenvalue weighted by Gasteiger charge is -2.22. The van der Waals surface area contributed by atoms with Gasteiger partial charge in [0.2, 0.25) is 0 Å². The quantitative estimate of drug-likeness (QED) is 0.0202. The molecule has 15 aromatic rings. The zero-order valence-electron chi connectivity index (χ0n) is 84.2. The number of ether oxygens (including phenoxy) is 14. The zero-order chi connectivity index (χ0) is 99.3. The summed E-state index contributed by atoms with van der Waals surface area (Å²) < 4.78 is 81.5. The van der Waals surface area contributed by atoms with E-state index in [1.165, 1.54) is 83.5 Å². The molecule has 0 heterocycles. The molecule has 738 valence electrons. The maximum absolute atomic E-state index is 10.8. The van der Waals surface area contributed by atoms with Gasteiger partial charge >= 0.3 is 5.97 Å². The van der Waals surface area contributed by atoms with Crippen LogP contribution in [0.25, 0.3) is 55.6 Å². The Bertz CT molecular complexity index is 5960. The molecule has 142 heavy (non-hydrogen) atoms. The molecule has 1 saturated carbocycles. The molecule has 15 nitrogen and oxygen atoms in total. The Labute approximate surface area is 843 Å². The minimum absolute atomic E-state index is 0.0783. The Morgan fingerprint density at radius 3 is 0.901 bits per heavy atom. The first-order valence-electron chi connectivity index (χ1n) is 49.8. The van der Waals surface area contributed by atoms with Crippen molar-refractivity contribution in [1.29, 1.82) is 0 Å². The molecule has 0 radical (unpaired) electrons. The molecule has 1 aliphatic rings. The third-order valence-corrected chi connectivity index (χ3v) is 24.1. The van der Waals surface area contributed by atoms with Crippen molar-refractivity contribution in [1.82, 2.24) is 0 Å². The highest BCUT2D eigenvalue weighted by atomic mass is 16.6. The van der Waals surface area contributed by atoms with Crippen LogP contribution in [0.1, 0.15) is 119 Å². The highest BCUT2D eigenvalue weighted by Gasteiger charge is 2.23. The minimum atomic E-state index is -0.334. The summed E-state index contributed by atoms with van der Waals surface area (Å²) in [6.45, 7) is 19.2. The van der Waals surface area contributed by atoms with E-state index in [0.717, 1.165) is 128 Å². The van der Waals surface area contributed by atoms with E-state index in [4.69, 9.17) is 66.3 Å². The van der Waals surface area contributed by atoms with E-state index in [2.05, 4.69) is 284 Å². The van der Waals surface area contributed by atoms with Crippen LogP contribution < -0.4 is 42.6 Å². The highest BCUT2D eigenvalue weighted by molar-refractivity contribution is 5.87. The third-order valence-electron chi connectivity index (χ3n) is 24.1. The number of carbonyl (C=O) groups is 1. The topological polar surface area (TPSA) is 146 Å². The molecule has 5 atom stereocenters. The number of esters is 1. The van der Waals surface area contributed by atoms with Gasteiger partial charge in [-0.05, 0) is 220 Å². The SMILES string of the molecule is CC(=O)Oc1ccc(OCCOC(C)Cc2ccccc2)cc1.CC(Cc1ccccc1)OCCOc1c(-c2ccccc2)cccc1-c1ccccc1.CC(Cc1ccccc1)OCCOc1ccc(-c2ccccc2)cc1.CC(Cc1ccccc1)OCCOc1ccc(C2CCCCC2)cc1.COc1ccc(-c2cccc(-c3ccc(C)cc3OC)c2OCCOC(C)Cc2ccccc2)c(OC)c1. The standard InChI is InChI=1S/C33H36O5.C29H28O2.C23H30O2.C23H24O2.C19H22O4/c1-23-14-16-27(31(20-23)35-4)29-12-9-13-30(28-17-15-26(34-3)22-32(28)36-5)33(29)38-19-18-37-24(2)21-25-10-7-6-8-11-25;1-23(22-24-12-5-2-6-13-24)30-20-21-31-29-27(25-14-7-3-8-15-25)18-11-19-28(29)26-16-9-4-10-17-26;2*1-19(18-20-8-4-2-5-9-20)24-16-17-25-23-14-12-22(13-15-23)21-10-6-3-7-11-21;1-15(14-17-6-4-3-5-7-17)21-12-13-22-18-8-10-19(11-9-18)23-16(2)20/h6-17,20,22,24H,18-19,21H2,1-5H3;2-19,23H,20-22H2,1H3;2,4-5,8-9,12-15,19,21H,3,6-7,10-11,16-18H2,1H3;2-15,19H,16-18H2,1H3;3-11,15H,12-14H2,1-2H3. The summed E-state index contributed by atoms with van der Waals surface area (Å²) >= 11 is 0. The van der Waals surface area contributed by atoms with Crippen LogP contribution in [0.4, 0.5) is 0 Å². The molecular formula is C127H140O15. The number of aryl methyl sites for hydroxylation is 1. The molecule has 15 heteroatoms. The highest BCUT2D eigenvalue weighted by Crippen LogP contribution is 2.47. The van der Waals surface area contributed by atoms with Crippen LogP contribution >= 0.6 is 0 Å². The van der Waals surface area contributed by atoms with Crippen molar-refractivity contribution in [2.45, 2.75) is 149 Å². The maximum Gasteiger partial charge on any atom is 0.308 e. The van der Waals surface area contributed by atoms with Gasteiger partial charge in [0.05, 0.1) is 84.9 Å². The van der Waals surface area contributed by atoms with Gasteiger partial charge < -0.3 is 66.3 Å². The van der Waals surface area contributed by atoms with Crippen molar-refractivity contribution in [2.75, 3.05) is 87.4 Å². The molecule has 0 N–H and O–H groups in total.